The van der Waals surface area contributed by atoms with Gasteiger partial charge in [0.15, 0.2) is 0 Å². The zero-order chi connectivity index (χ0) is 24.1. The summed E-state index contributed by atoms with van der Waals surface area (Å²) in [5.41, 5.74) is 6.48. The Morgan fingerprint density at radius 1 is 0.909 bits per heavy atom. The number of rotatable bonds is 7. The number of aryl methyl sites for hydroxylation is 1. The molecule has 1 aromatic heterocycles. The SMILES string of the molecule is COc1cc(OC)cc(C(=O)N[C@H](C(=O)NNC(=O)c2cn(C)c3ccccc23)C(C)C)c1. The van der Waals surface area contributed by atoms with Crippen LogP contribution in [0.25, 0.3) is 10.9 Å². The van der Waals surface area contributed by atoms with Gasteiger partial charge in [-0.3, -0.25) is 25.2 Å². The first-order chi connectivity index (χ1) is 15.7. The summed E-state index contributed by atoms with van der Waals surface area (Å²) in [6.45, 7) is 3.59. The third kappa shape index (κ3) is 5.25. The molecule has 0 aliphatic rings. The number of carbonyl (C=O) groups is 3. The standard InChI is InChI=1S/C24H28N4O5/c1-14(2)21(25-22(29)15-10-16(32-4)12-17(11-15)33-5)24(31)27-26-23(30)19-13-28(3)20-9-7-6-8-18(19)20/h6-14,21H,1-5H3,(H,25,29)(H,26,30)(H,27,31)/t21-/m0/s1. The molecule has 0 saturated heterocycles. The minimum Gasteiger partial charge on any atom is -0.497 e. The van der Waals surface area contributed by atoms with E-state index in [0.29, 0.717) is 17.1 Å². The van der Waals surface area contributed by atoms with Crippen molar-refractivity contribution in [2.75, 3.05) is 14.2 Å². The first-order valence-corrected chi connectivity index (χ1v) is 10.4. The fourth-order valence-electron chi connectivity index (χ4n) is 3.48. The topological polar surface area (TPSA) is 111 Å². The van der Waals surface area contributed by atoms with Gasteiger partial charge < -0.3 is 19.4 Å². The fourth-order valence-corrected chi connectivity index (χ4v) is 3.48. The number of nitrogens with zero attached hydrogens (tertiary/aromatic N) is 1. The number of hydrazine groups is 1. The van der Waals surface area contributed by atoms with E-state index in [4.69, 9.17) is 9.47 Å². The molecular weight excluding hydrogens is 424 g/mol. The summed E-state index contributed by atoms with van der Waals surface area (Å²) in [4.78, 5) is 38.3. The summed E-state index contributed by atoms with van der Waals surface area (Å²) in [6.07, 6.45) is 1.70. The van der Waals surface area contributed by atoms with Crippen LogP contribution < -0.4 is 25.6 Å². The molecule has 1 atom stereocenters. The van der Waals surface area contributed by atoms with E-state index in [0.717, 1.165) is 10.9 Å². The van der Waals surface area contributed by atoms with Crippen molar-refractivity contribution in [1.82, 2.24) is 20.7 Å². The number of ether oxygens (including phenoxy) is 2. The Bertz CT molecular complexity index is 1160. The average molecular weight is 453 g/mol. The van der Waals surface area contributed by atoms with Crippen LogP contribution in [0, 0.1) is 5.92 Å². The van der Waals surface area contributed by atoms with Gasteiger partial charge in [-0.25, -0.2) is 0 Å². The number of methoxy groups -OCH3 is 2. The van der Waals surface area contributed by atoms with Crippen molar-refractivity contribution in [2.45, 2.75) is 19.9 Å². The zero-order valence-electron chi connectivity index (χ0n) is 19.3. The molecule has 9 nitrogen and oxygen atoms in total. The smallest absolute Gasteiger partial charge is 0.271 e. The number of hydrogen-bond donors (Lipinski definition) is 3. The highest BCUT2D eigenvalue weighted by molar-refractivity contribution is 6.07. The molecule has 3 N–H and O–H groups in total. The summed E-state index contributed by atoms with van der Waals surface area (Å²) >= 11 is 0. The van der Waals surface area contributed by atoms with E-state index in [-0.39, 0.29) is 11.5 Å². The number of aromatic nitrogens is 1. The Kier molecular flexibility index (Phi) is 7.22. The van der Waals surface area contributed by atoms with Crippen molar-refractivity contribution < 1.29 is 23.9 Å². The van der Waals surface area contributed by atoms with E-state index in [1.807, 2.05) is 35.9 Å². The van der Waals surface area contributed by atoms with Crippen LogP contribution in [0.2, 0.25) is 0 Å². The number of hydrogen-bond acceptors (Lipinski definition) is 5. The van der Waals surface area contributed by atoms with E-state index >= 15 is 0 Å². The van der Waals surface area contributed by atoms with Crippen molar-refractivity contribution >= 4 is 28.6 Å². The molecule has 0 fully saturated rings. The highest BCUT2D eigenvalue weighted by Crippen LogP contribution is 2.23. The second-order valence-electron chi connectivity index (χ2n) is 7.91. The molecule has 3 amide bonds. The number of nitrogens with one attached hydrogen (secondary N) is 3. The second-order valence-corrected chi connectivity index (χ2v) is 7.91. The van der Waals surface area contributed by atoms with E-state index in [1.165, 1.54) is 14.2 Å². The van der Waals surface area contributed by atoms with Gasteiger partial charge in [0.2, 0.25) is 0 Å². The maximum absolute atomic E-state index is 12.8. The molecule has 3 rings (SSSR count). The maximum Gasteiger partial charge on any atom is 0.271 e. The second kappa shape index (κ2) is 10.1. The lowest BCUT2D eigenvalue weighted by molar-refractivity contribution is -0.124. The van der Waals surface area contributed by atoms with Crippen LogP contribution in [0.3, 0.4) is 0 Å². The molecule has 33 heavy (non-hydrogen) atoms. The third-order valence-corrected chi connectivity index (χ3v) is 5.29. The van der Waals surface area contributed by atoms with E-state index < -0.39 is 23.8 Å². The lowest BCUT2D eigenvalue weighted by Gasteiger charge is -2.22. The Labute approximate surface area is 192 Å². The van der Waals surface area contributed by atoms with Crippen molar-refractivity contribution in [3.05, 3.63) is 59.8 Å². The quantitative estimate of drug-likeness (QED) is 0.477. The average Bonchev–Trinajstić information content (AvgIpc) is 3.16. The van der Waals surface area contributed by atoms with Gasteiger partial charge in [0.1, 0.15) is 17.5 Å². The predicted molar refractivity (Wildman–Crippen MR) is 124 cm³/mol. The summed E-state index contributed by atoms with van der Waals surface area (Å²) in [5.74, 6) is -0.801. The minimum absolute atomic E-state index is 0.240. The number of benzene rings is 2. The van der Waals surface area contributed by atoms with Crippen LogP contribution >= 0.6 is 0 Å². The monoisotopic (exact) mass is 452 g/mol. The number of para-hydroxylation sites is 1. The summed E-state index contributed by atoms with van der Waals surface area (Å²) in [5, 5.41) is 3.49. The van der Waals surface area contributed by atoms with Gasteiger partial charge in [-0.05, 0) is 24.1 Å². The number of carbonyl (C=O) groups excluding carboxylic acids is 3. The molecule has 0 aliphatic carbocycles. The van der Waals surface area contributed by atoms with Crippen LogP contribution in [0.15, 0.2) is 48.7 Å². The fraction of sp³-hybridized carbons (Fsp3) is 0.292. The predicted octanol–water partition coefficient (Wildman–Crippen LogP) is 2.41. The van der Waals surface area contributed by atoms with E-state index in [9.17, 15) is 14.4 Å². The van der Waals surface area contributed by atoms with E-state index in [2.05, 4.69) is 16.2 Å². The molecule has 0 bridgehead atoms. The van der Waals surface area contributed by atoms with Crippen molar-refractivity contribution in [3.63, 3.8) is 0 Å². The molecule has 2 aromatic carbocycles. The molecule has 0 unspecified atom stereocenters. The summed E-state index contributed by atoms with van der Waals surface area (Å²) in [7, 11) is 4.81. The lowest BCUT2D eigenvalue weighted by Crippen LogP contribution is -2.54. The summed E-state index contributed by atoms with van der Waals surface area (Å²) < 4.78 is 12.2. The van der Waals surface area contributed by atoms with Crippen molar-refractivity contribution in [2.24, 2.45) is 13.0 Å². The molecule has 3 aromatic rings. The van der Waals surface area contributed by atoms with Crippen LogP contribution in [-0.2, 0) is 11.8 Å². The van der Waals surface area contributed by atoms with Gasteiger partial charge in [0.25, 0.3) is 17.7 Å². The lowest BCUT2D eigenvalue weighted by atomic mass is 10.0. The van der Waals surface area contributed by atoms with Gasteiger partial charge in [0, 0.05) is 35.8 Å². The van der Waals surface area contributed by atoms with E-state index in [1.54, 1.807) is 38.2 Å². The normalized spacial score (nSPS) is 11.7. The van der Waals surface area contributed by atoms with Gasteiger partial charge in [-0.1, -0.05) is 32.0 Å². The Morgan fingerprint density at radius 2 is 1.55 bits per heavy atom. The molecule has 0 radical (unpaired) electrons. The molecule has 1 heterocycles. The Morgan fingerprint density at radius 3 is 2.15 bits per heavy atom. The van der Waals surface area contributed by atoms with Gasteiger partial charge in [-0.2, -0.15) is 0 Å². The zero-order valence-corrected chi connectivity index (χ0v) is 19.3. The molecule has 0 aliphatic heterocycles. The van der Waals surface area contributed by atoms with Crippen LogP contribution in [0.1, 0.15) is 34.6 Å². The van der Waals surface area contributed by atoms with Crippen molar-refractivity contribution in [3.8, 4) is 11.5 Å². The first-order valence-electron chi connectivity index (χ1n) is 10.4. The van der Waals surface area contributed by atoms with Crippen LogP contribution in [0.4, 0.5) is 0 Å². The Balaban J connectivity index is 1.70. The molecule has 0 spiro atoms. The highest BCUT2D eigenvalue weighted by atomic mass is 16.5. The van der Waals surface area contributed by atoms with Gasteiger partial charge >= 0.3 is 0 Å². The molecule has 0 saturated carbocycles. The Hall–Kier alpha value is -4.01. The highest BCUT2D eigenvalue weighted by Gasteiger charge is 2.26. The van der Waals surface area contributed by atoms with Gasteiger partial charge in [0.05, 0.1) is 19.8 Å². The molecule has 9 heteroatoms. The summed E-state index contributed by atoms with van der Waals surface area (Å²) in [6, 6.07) is 11.3. The van der Waals surface area contributed by atoms with Crippen LogP contribution in [-0.4, -0.2) is 42.6 Å². The number of amides is 3. The molecule has 174 valence electrons. The van der Waals surface area contributed by atoms with Crippen LogP contribution in [0.5, 0.6) is 11.5 Å². The van der Waals surface area contributed by atoms with Gasteiger partial charge in [-0.15, -0.1) is 0 Å². The number of fused-ring (bicyclic) bond motifs is 1. The third-order valence-electron chi connectivity index (χ3n) is 5.29. The largest absolute Gasteiger partial charge is 0.497 e. The minimum atomic E-state index is -0.887. The molecular formula is C24H28N4O5. The first kappa shape index (κ1) is 23.6. The van der Waals surface area contributed by atoms with Crippen molar-refractivity contribution in [1.29, 1.82) is 0 Å². The maximum atomic E-state index is 12.8.